The molecule has 90 valence electrons. The van der Waals surface area contributed by atoms with Crippen LogP contribution in [0.15, 0.2) is 28.1 Å². The number of aromatic nitrogens is 4. The van der Waals surface area contributed by atoms with Crippen LogP contribution < -0.4 is 5.73 Å². The molecule has 2 aromatic rings. The molecular formula is C10H13N5OS. The lowest BCUT2D eigenvalue weighted by atomic mass is 10.1. The van der Waals surface area contributed by atoms with Gasteiger partial charge in [-0.1, -0.05) is 16.9 Å². The molecule has 2 N–H and O–H groups in total. The summed E-state index contributed by atoms with van der Waals surface area (Å²) in [7, 11) is 0. The fourth-order valence-electron chi connectivity index (χ4n) is 1.07. The molecular weight excluding hydrogens is 238 g/mol. The molecule has 0 bridgehead atoms. The first-order valence-corrected chi connectivity index (χ1v) is 6.05. The van der Waals surface area contributed by atoms with Crippen LogP contribution in [0.3, 0.4) is 0 Å². The summed E-state index contributed by atoms with van der Waals surface area (Å²) in [5, 5.41) is 4.66. The second kappa shape index (κ2) is 4.80. The Bertz CT molecular complexity index is 479. The van der Waals surface area contributed by atoms with Crippen molar-refractivity contribution >= 4 is 11.8 Å². The molecule has 7 heteroatoms. The van der Waals surface area contributed by atoms with Crippen LogP contribution in [-0.2, 0) is 11.3 Å². The number of nitrogens with zero attached hydrogens (tertiary/aromatic N) is 4. The molecule has 0 fully saturated rings. The molecule has 0 unspecified atom stereocenters. The van der Waals surface area contributed by atoms with E-state index in [1.807, 2.05) is 13.8 Å². The zero-order valence-electron chi connectivity index (χ0n) is 9.62. The molecule has 0 aliphatic carbocycles. The van der Waals surface area contributed by atoms with Gasteiger partial charge < -0.3 is 10.3 Å². The summed E-state index contributed by atoms with van der Waals surface area (Å²) in [5.41, 5.74) is 5.28. The van der Waals surface area contributed by atoms with Gasteiger partial charge in [-0.05, 0) is 13.8 Å². The third-order valence-corrected chi connectivity index (χ3v) is 2.83. The summed E-state index contributed by atoms with van der Waals surface area (Å²) in [6, 6.07) is 0. The number of hydrogen-bond donors (Lipinski definition) is 1. The van der Waals surface area contributed by atoms with E-state index in [4.69, 9.17) is 10.3 Å². The van der Waals surface area contributed by atoms with E-state index in [-0.39, 0.29) is 0 Å². The minimum Gasteiger partial charge on any atom is -0.338 e. The molecule has 2 heterocycles. The number of thioether (sulfide) groups is 1. The standard InChI is InChI=1S/C10H13N5OS/c1-10(2,11)9-14-7(16-15-9)6-17-8-5-12-3-4-13-8/h3-5H,6,11H2,1-2H3. The highest BCUT2D eigenvalue weighted by molar-refractivity contribution is 7.98. The Hall–Kier alpha value is -1.47. The minimum absolute atomic E-state index is 0.507. The molecule has 0 aliphatic heterocycles. The number of hydrogen-bond acceptors (Lipinski definition) is 7. The zero-order valence-corrected chi connectivity index (χ0v) is 10.4. The highest BCUT2D eigenvalue weighted by Crippen LogP contribution is 2.20. The van der Waals surface area contributed by atoms with E-state index in [2.05, 4.69) is 20.1 Å². The van der Waals surface area contributed by atoms with Gasteiger partial charge in [0.15, 0.2) is 5.82 Å². The summed E-state index contributed by atoms with van der Waals surface area (Å²) in [6.45, 7) is 3.66. The monoisotopic (exact) mass is 251 g/mol. The second-order valence-electron chi connectivity index (χ2n) is 4.07. The van der Waals surface area contributed by atoms with E-state index in [0.29, 0.717) is 17.5 Å². The molecule has 0 spiro atoms. The van der Waals surface area contributed by atoms with Gasteiger partial charge in [0.25, 0.3) is 0 Å². The Balaban J connectivity index is 1.99. The van der Waals surface area contributed by atoms with E-state index >= 15 is 0 Å². The Kier molecular flexibility index (Phi) is 3.39. The van der Waals surface area contributed by atoms with Crippen molar-refractivity contribution in [3.8, 4) is 0 Å². The lowest BCUT2D eigenvalue weighted by molar-refractivity contribution is 0.370. The summed E-state index contributed by atoms with van der Waals surface area (Å²) >= 11 is 1.49. The SMILES string of the molecule is CC(C)(N)c1noc(CSc2cnccn2)n1. The maximum Gasteiger partial charge on any atom is 0.237 e. The van der Waals surface area contributed by atoms with Gasteiger partial charge in [0.05, 0.1) is 17.5 Å². The third-order valence-electron chi connectivity index (χ3n) is 1.93. The van der Waals surface area contributed by atoms with Crippen LogP contribution in [0.25, 0.3) is 0 Å². The van der Waals surface area contributed by atoms with Crippen molar-refractivity contribution in [2.45, 2.75) is 30.2 Å². The molecule has 0 aliphatic rings. The molecule has 2 aromatic heterocycles. The van der Waals surface area contributed by atoms with Crippen molar-refractivity contribution in [2.75, 3.05) is 0 Å². The van der Waals surface area contributed by atoms with Crippen molar-refractivity contribution in [2.24, 2.45) is 5.73 Å². The highest BCUT2D eigenvalue weighted by Gasteiger charge is 2.21. The molecule has 0 radical (unpaired) electrons. The van der Waals surface area contributed by atoms with E-state index < -0.39 is 5.54 Å². The molecule has 0 saturated heterocycles. The molecule has 0 saturated carbocycles. The van der Waals surface area contributed by atoms with Gasteiger partial charge in [-0.15, -0.1) is 0 Å². The van der Waals surface area contributed by atoms with E-state index in [9.17, 15) is 0 Å². The summed E-state index contributed by atoms with van der Waals surface area (Å²) < 4.78 is 5.10. The van der Waals surface area contributed by atoms with Crippen LogP contribution in [0.2, 0.25) is 0 Å². The third kappa shape index (κ3) is 3.24. The van der Waals surface area contributed by atoms with Crippen LogP contribution in [0, 0.1) is 0 Å². The van der Waals surface area contributed by atoms with Crippen LogP contribution in [0.5, 0.6) is 0 Å². The first-order chi connectivity index (χ1) is 8.05. The van der Waals surface area contributed by atoms with Crippen molar-refractivity contribution in [3.63, 3.8) is 0 Å². The van der Waals surface area contributed by atoms with Crippen molar-refractivity contribution in [1.29, 1.82) is 0 Å². The first-order valence-electron chi connectivity index (χ1n) is 5.06. The largest absolute Gasteiger partial charge is 0.338 e. The van der Waals surface area contributed by atoms with Gasteiger partial charge in [0.2, 0.25) is 5.89 Å². The van der Waals surface area contributed by atoms with E-state index in [1.165, 1.54) is 11.8 Å². The topological polar surface area (TPSA) is 90.7 Å². The quantitative estimate of drug-likeness (QED) is 0.820. The Labute approximate surface area is 103 Å². The maximum atomic E-state index is 5.86. The second-order valence-corrected chi connectivity index (χ2v) is 5.06. The van der Waals surface area contributed by atoms with Crippen LogP contribution in [0.4, 0.5) is 0 Å². The number of rotatable bonds is 4. The Morgan fingerprint density at radius 1 is 1.41 bits per heavy atom. The Morgan fingerprint density at radius 3 is 2.82 bits per heavy atom. The lowest BCUT2D eigenvalue weighted by Gasteiger charge is -2.11. The molecule has 17 heavy (non-hydrogen) atoms. The summed E-state index contributed by atoms with van der Waals surface area (Å²) in [4.78, 5) is 12.3. The van der Waals surface area contributed by atoms with Crippen LogP contribution in [-0.4, -0.2) is 20.1 Å². The fraction of sp³-hybridized carbons (Fsp3) is 0.400. The summed E-state index contributed by atoms with van der Waals surface area (Å²) in [6.07, 6.45) is 4.96. The maximum absolute atomic E-state index is 5.86. The molecule has 0 atom stereocenters. The predicted octanol–water partition coefficient (Wildman–Crippen LogP) is 1.35. The first kappa shape index (κ1) is 12.0. The predicted molar refractivity (Wildman–Crippen MR) is 63.1 cm³/mol. The van der Waals surface area contributed by atoms with E-state index in [0.717, 1.165) is 5.03 Å². The van der Waals surface area contributed by atoms with E-state index in [1.54, 1.807) is 18.6 Å². The average Bonchev–Trinajstić information content (AvgIpc) is 2.76. The zero-order chi connectivity index (χ0) is 12.3. The fourth-order valence-corrected chi connectivity index (χ4v) is 1.73. The van der Waals surface area contributed by atoms with Gasteiger partial charge in [-0.3, -0.25) is 4.98 Å². The van der Waals surface area contributed by atoms with Crippen LogP contribution >= 0.6 is 11.8 Å². The van der Waals surface area contributed by atoms with Gasteiger partial charge in [-0.2, -0.15) is 4.98 Å². The van der Waals surface area contributed by atoms with Crippen molar-refractivity contribution in [3.05, 3.63) is 30.3 Å². The molecule has 6 nitrogen and oxygen atoms in total. The summed E-state index contributed by atoms with van der Waals surface area (Å²) in [5.74, 6) is 1.60. The Morgan fingerprint density at radius 2 is 2.24 bits per heavy atom. The van der Waals surface area contributed by atoms with Gasteiger partial charge >= 0.3 is 0 Å². The van der Waals surface area contributed by atoms with Gasteiger partial charge in [0, 0.05) is 12.4 Å². The molecule has 2 rings (SSSR count). The van der Waals surface area contributed by atoms with Crippen molar-refractivity contribution < 1.29 is 4.52 Å². The van der Waals surface area contributed by atoms with Gasteiger partial charge in [0.1, 0.15) is 5.03 Å². The minimum atomic E-state index is -0.584. The van der Waals surface area contributed by atoms with Gasteiger partial charge in [-0.25, -0.2) is 4.98 Å². The highest BCUT2D eigenvalue weighted by atomic mass is 32.2. The molecule has 0 aromatic carbocycles. The number of nitrogens with two attached hydrogens (primary N) is 1. The van der Waals surface area contributed by atoms with Crippen molar-refractivity contribution in [1.82, 2.24) is 20.1 Å². The smallest absolute Gasteiger partial charge is 0.237 e. The lowest BCUT2D eigenvalue weighted by Crippen LogP contribution is -2.30. The average molecular weight is 251 g/mol. The molecule has 0 amide bonds. The van der Waals surface area contributed by atoms with Crippen LogP contribution in [0.1, 0.15) is 25.6 Å². The normalized spacial score (nSPS) is 11.7.